The number of pyridine rings is 2. The number of aryl methyl sites for hydroxylation is 3. The Hall–Kier alpha value is -3.79. The maximum atomic E-state index is 13.7. The molecule has 0 saturated carbocycles. The molecule has 1 aliphatic rings. The maximum Gasteiger partial charge on any atom is 0.267 e. The van der Waals surface area contributed by atoms with Gasteiger partial charge >= 0.3 is 0 Å². The molecule has 204 valence electrons. The van der Waals surface area contributed by atoms with Crippen molar-refractivity contribution in [1.82, 2.24) is 19.3 Å². The first-order valence-electron chi connectivity index (χ1n) is 13.6. The molecule has 0 saturated heterocycles. The number of carbonyl (C=O) groups excluding carboxylic acids is 2. The number of hydrogen-bond acceptors (Lipinski definition) is 6. The van der Waals surface area contributed by atoms with Crippen molar-refractivity contribution in [2.75, 3.05) is 12.4 Å². The molecule has 0 aliphatic heterocycles. The van der Waals surface area contributed by atoms with Gasteiger partial charge in [-0.2, -0.15) is 0 Å². The van der Waals surface area contributed by atoms with Crippen LogP contribution >= 0.6 is 11.3 Å². The number of nitrogens with one attached hydrogen (secondary N) is 3. The molecule has 4 aromatic heterocycles. The van der Waals surface area contributed by atoms with Crippen molar-refractivity contribution in [1.29, 1.82) is 5.41 Å². The van der Waals surface area contributed by atoms with Gasteiger partial charge in [0.1, 0.15) is 21.8 Å². The summed E-state index contributed by atoms with van der Waals surface area (Å²) >= 11 is 1.43. The van der Waals surface area contributed by atoms with E-state index in [1.54, 1.807) is 23.9 Å². The van der Waals surface area contributed by atoms with E-state index in [1.165, 1.54) is 21.8 Å². The Morgan fingerprint density at radius 3 is 2.69 bits per heavy atom. The molecule has 0 unspecified atom stereocenters. The van der Waals surface area contributed by atoms with Gasteiger partial charge in [-0.3, -0.25) is 24.2 Å². The van der Waals surface area contributed by atoms with Crippen LogP contribution in [0.1, 0.15) is 82.2 Å². The molecule has 0 bridgehead atoms. The van der Waals surface area contributed by atoms with Crippen molar-refractivity contribution >= 4 is 44.8 Å². The van der Waals surface area contributed by atoms with E-state index in [-0.39, 0.29) is 27.9 Å². The molecule has 1 aliphatic carbocycles. The summed E-state index contributed by atoms with van der Waals surface area (Å²) in [6.07, 6.45) is 9.33. The van der Waals surface area contributed by atoms with Gasteiger partial charge in [0.15, 0.2) is 0 Å². The zero-order chi connectivity index (χ0) is 27.7. The van der Waals surface area contributed by atoms with Crippen LogP contribution in [0.15, 0.2) is 29.2 Å². The second kappa shape index (κ2) is 11.1. The van der Waals surface area contributed by atoms with Crippen LogP contribution in [0.4, 0.5) is 5.00 Å². The van der Waals surface area contributed by atoms with Crippen LogP contribution in [-0.2, 0) is 19.4 Å². The Morgan fingerprint density at radius 2 is 1.92 bits per heavy atom. The van der Waals surface area contributed by atoms with E-state index in [0.717, 1.165) is 67.4 Å². The number of thiophene rings is 1. The molecule has 4 heterocycles. The summed E-state index contributed by atoms with van der Waals surface area (Å²) in [5.41, 5.74) is 3.11. The van der Waals surface area contributed by atoms with Crippen molar-refractivity contribution in [2.24, 2.45) is 0 Å². The fourth-order valence-corrected chi connectivity index (χ4v) is 6.66. The van der Waals surface area contributed by atoms with Crippen LogP contribution < -0.4 is 21.7 Å². The topological polar surface area (TPSA) is 121 Å². The number of nitrogens with zero attached hydrogens (tertiary/aromatic N) is 3. The molecule has 3 N–H and O–H groups in total. The average Bonchev–Trinajstić information content (AvgIpc) is 3.30. The van der Waals surface area contributed by atoms with Gasteiger partial charge in [-0.05, 0) is 62.3 Å². The highest BCUT2D eigenvalue weighted by atomic mass is 32.1. The Balaban J connectivity index is 1.65. The van der Waals surface area contributed by atoms with E-state index in [9.17, 15) is 14.4 Å². The minimum atomic E-state index is -0.512. The van der Waals surface area contributed by atoms with E-state index < -0.39 is 5.91 Å². The minimum absolute atomic E-state index is 0.00384. The molecule has 10 heteroatoms. The summed E-state index contributed by atoms with van der Waals surface area (Å²) < 4.78 is 3.17. The zero-order valence-electron chi connectivity index (χ0n) is 22.6. The van der Waals surface area contributed by atoms with Crippen molar-refractivity contribution in [3.63, 3.8) is 0 Å². The fraction of sp³-hybridized carbons (Fsp3) is 0.414. The minimum Gasteiger partial charge on any atom is -0.355 e. The number of unbranched alkanes of at least 4 members (excludes halogenated alkanes) is 3. The number of hydrogen-bond donors (Lipinski definition) is 3. The first kappa shape index (κ1) is 26.8. The molecule has 0 aromatic carbocycles. The number of fused-ring (bicyclic) bond motifs is 3. The van der Waals surface area contributed by atoms with Gasteiger partial charge in [-0.15, -0.1) is 11.3 Å². The van der Waals surface area contributed by atoms with E-state index in [4.69, 9.17) is 10.4 Å². The molecule has 39 heavy (non-hydrogen) atoms. The first-order chi connectivity index (χ1) is 18.8. The fourth-order valence-electron chi connectivity index (χ4n) is 5.37. The lowest BCUT2D eigenvalue weighted by molar-refractivity contribution is 0.0963. The summed E-state index contributed by atoms with van der Waals surface area (Å²) in [4.78, 5) is 46.0. The standard InChI is InChI=1S/C29H34N6O3S/c1-4-5-6-9-14-34-23(30)19(16-20-25(34)32-24-17(2)11-10-15-35(24)29(20)38)26(36)33-28-22(27(37)31-3)18-12-7-8-13-21(18)39-28/h10-11,15-16,30H,4-9,12-14H2,1-3H3,(H,31,37)(H,33,36). The molecule has 0 radical (unpaired) electrons. The number of rotatable bonds is 8. The summed E-state index contributed by atoms with van der Waals surface area (Å²) in [5.74, 6) is -0.744. The molecular weight excluding hydrogens is 512 g/mol. The van der Waals surface area contributed by atoms with Gasteiger partial charge in [0.25, 0.3) is 17.4 Å². The van der Waals surface area contributed by atoms with Crippen molar-refractivity contribution in [2.45, 2.75) is 71.8 Å². The third kappa shape index (κ3) is 4.89. The molecule has 0 fully saturated rings. The molecule has 2 amide bonds. The molecule has 0 spiro atoms. The van der Waals surface area contributed by atoms with Gasteiger partial charge in [0.05, 0.1) is 16.5 Å². The van der Waals surface area contributed by atoms with Crippen molar-refractivity contribution in [3.05, 3.63) is 67.4 Å². The van der Waals surface area contributed by atoms with Gasteiger partial charge < -0.3 is 15.2 Å². The van der Waals surface area contributed by atoms with E-state index >= 15 is 0 Å². The van der Waals surface area contributed by atoms with Gasteiger partial charge in [-0.1, -0.05) is 32.3 Å². The average molecular weight is 547 g/mol. The smallest absolute Gasteiger partial charge is 0.267 e. The van der Waals surface area contributed by atoms with E-state index in [1.807, 2.05) is 13.0 Å². The predicted octanol–water partition coefficient (Wildman–Crippen LogP) is 4.57. The highest BCUT2D eigenvalue weighted by molar-refractivity contribution is 7.17. The summed E-state index contributed by atoms with van der Waals surface area (Å²) in [6.45, 7) is 4.51. The lowest BCUT2D eigenvalue weighted by Gasteiger charge is -2.15. The first-order valence-corrected chi connectivity index (χ1v) is 14.5. The van der Waals surface area contributed by atoms with Gasteiger partial charge in [0, 0.05) is 24.7 Å². The molecular formula is C29H34N6O3S. The number of amides is 2. The lowest BCUT2D eigenvalue weighted by atomic mass is 9.95. The quantitative estimate of drug-likeness (QED) is 0.221. The lowest BCUT2D eigenvalue weighted by Crippen LogP contribution is -2.32. The molecule has 9 nitrogen and oxygen atoms in total. The van der Waals surface area contributed by atoms with Crippen molar-refractivity contribution < 1.29 is 9.59 Å². The Labute approximate surface area is 230 Å². The number of carbonyl (C=O) groups is 2. The van der Waals surface area contributed by atoms with Gasteiger partial charge in [0.2, 0.25) is 0 Å². The van der Waals surface area contributed by atoms with Crippen LogP contribution in [0.25, 0.3) is 16.7 Å². The molecule has 5 rings (SSSR count). The number of aromatic nitrogens is 3. The number of anilines is 1. The van der Waals surface area contributed by atoms with Crippen LogP contribution in [-0.4, -0.2) is 32.8 Å². The van der Waals surface area contributed by atoms with E-state index in [0.29, 0.717) is 28.4 Å². The second-order valence-corrected chi connectivity index (χ2v) is 11.2. The zero-order valence-corrected chi connectivity index (χ0v) is 23.5. The maximum absolute atomic E-state index is 13.7. The van der Waals surface area contributed by atoms with Crippen LogP contribution in [0.3, 0.4) is 0 Å². The summed E-state index contributed by atoms with van der Waals surface area (Å²) in [7, 11) is 1.58. The largest absolute Gasteiger partial charge is 0.355 e. The monoisotopic (exact) mass is 546 g/mol. The Morgan fingerprint density at radius 1 is 1.13 bits per heavy atom. The SMILES string of the molecule is CCCCCCn1c(=N)c(C(=O)Nc2sc3c(c2C(=O)NC)CCCC3)cc2c(=O)n3cccc(C)c3nc21. The molecule has 4 aromatic rings. The molecule has 0 atom stereocenters. The van der Waals surface area contributed by atoms with Crippen LogP contribution in [0.2, 0.25) is 0 Å². The second-order valence-electron chi connectivity index (χ2n) is 10.1. The normalized spacial score (nSPS) is 13.0. The Bertz CT molecular complexity index is 1710. The van der Waals surface area contributed by atoms with Gasteiger partial charge in [-0.25, -0.2) is 4.98 Å². The third-order valence-electron chi connectivity index (χ3n) is 7.47. The van der Waals surface area contributed by atoms with Crippen LogP contribution in [0.5, 0.6) is 0 Å². The highest BCUT2D eigenvalue weighted by Gasteiger charge is 2.27. The van der Waals surface area contributed by atoms with E-state index in [2.05, 4.69) is 17.6 Å². The summed E-state index contributed by atoms with van der Waals surface area (Å²) in [6, 6.07) is 5.17. The van der Waals surface area contributed by atoms with Crippen molar-refractivity contribution in [3.8, 4) is 0 Å². The summed E-state index contributed by atoms with van der Waals surface area (Å²) in [5, 5.41) is 15.4. The Kier molecular flexibility index (Phi) is 7.65. The predicted molar refractivity (Wildman–Crippen MR) is 154 cm³/mol. The van der Waals surface area contributed by atoms with Crippen LogP contribution in [0, 0.1) is 12.3 Å². The third-order valence-corrected chi connectivity index (χ3v) is 8.67. The highest BCUT2D eigenvalue weighted by Crippen LogP contribution is 2.38.